The van der Waals surface area contributed by atoms with Gasteiger partial charge in [0.05, 0.1) is 5.02 Å². The fraction of sp³-hybridized carbons (Fsp3) is 0.429. The number of nitrogens with zero attached hydrogens (tertiary/aromatic N) is 1. The van der Waals surface area contributed by atoms with E-state index in [1.165, 1.54) is 12.1 Å². The fourth-order valence-electron chi connectivity index (χ4n) is 2.78. The summed E-state index contributed by atoms with van der Waals surface area (Å²) in [5, 5.41) is 3.87. The van der Waals surface area contributed by atoms with Gasteiger partial charge >= 0.3 is 0 Å². The molecule has 2 aromatic carbocycles. The molecule has 0 aromatic heterocycles. The van der Waals surface area contributed by atoms with Crippen LogP contribution in [-0.2, 0) is 13.2 Å². The van der Waals surface area contributed by atoms with E-state index in [-0.39, 0.29) is 5.82 Å². The van der Waals surface area contributed by atoms with Crippen LogP contribution in [0.4, 0.5) is 4.39 Å². The summed E-state index contributed by atoms with van der Waals surface area (Å²) >= 11 is 6.07. The fourth-order valence-corrected chi connectivity index (χ4v) is 3.00. The highest BCUT2D eigenvalue weighted by atomic mass is 35.5. The van der Waals surface area contributed by atoms with E-state index < -0.39 is 0 Å². The highest BCUT2D eigenvalue weighted by molar-refractivity contribution is 6.31. The van der Waals surface area contributed by atoms with Gasteiger partial charge in [0, 0.05) is 17.7 Å². The molecule has 0 spiro atoms. The second-order valence-corrected chi connectivity index (χ2v) is 6.60. The Bertz CT molecular complexity index is 677. The number of para-hydroxylation sites is 1. The van der Waals surface area contributed by atoms with Gasteiger partial charge < -0.3 is 15.0 Å². The zero-order chi connectivity index (χ0) is 18.8. The lowest BCUT2D eigenvalue weighted by Gasteiger charge is -2.18. The summed E-state index contributed by atoms with van der Waals surface area (Å²) in [5.74, 6) is 0.484. The van der Waals surface area contributed by atoms with Crippen LogP contribution in [-0.4, -0.2) is 31.1 Å². The SMILES string of the molecule is CCN(CC)CCCNCc1ccccc1OCc1ccc(F)cc1Cl. The first kappa shape index (κ1) is 20.7. The molecular weight excluding hydrogens is 351 g/mol. The molecule has 0 aliphatic heterocycles. The maximum atomic E-state index is 13.1. The summed E-state index contributed by atoms with van der Waals surface area (Å²) < 4.78 is 19.1. The molecule has 0 aliphatic rings. The van der Waals surface area contributed by atoms with Crippen LogP contribution in [0.25, 0.3) is 0 Å². The van der Waals surface area contributed by atoms with Crippen LogP contribution in [0.15, 0.2) is 42.5 Å². The predicted octanol–water partition coefficient (Wildman–Crippen LogP) is 4.88. The largest absolute Gasteiger partial charge is 0.489 e. The monoisotopic (exact) mass is 378 g/mol. The summed E-state index contributed by atoms with van der Waals surface area (Å²) in [6.07, 6.45) is 1.12. The molecule has 0 unspecified atom stereocenters. The Kier molecular flexibility index (Phi) is 8.89. The van der Waals surface area contributed by atoms with E-state index in [0.717, 1.165) is 56.0 Å². The van der Waals surface area contributed by atoms with Crippen LogP contribution in [0.1, 0.15) is 31.4 Å². The second kappa shape index (κ2) is 11.2. The minimum Gasteiger partial charge on any atom is -0.489 e. The molecule has 3 nitrogen and oxygen atoms in total. The number of nitrogens with one attached hydrogen (secondary N) is 1. The number of benzene rings is 2. The smallest absolute Gasteiger partial charge is 0.124 e. The summed E-state index contributed by atoms with van der Waals surface area (Å²) in [4.78, 5) is 2.42. The third-order valence-corrected chi connectivity index (χ3v) is 4.76. The Morgan fingerprint density at radius 3 is 2.58 bits per heavy atom. The first-order valence-electron chi connectivity index (χ1n) is 9.21. The average Bonchev–Trinajstić information content (AvgIpc) is 2.65. The topological polar surface area (TPSA) is 24.5 Å². The van der Waals surface area contributed by atoms with Gasteiger partial charge in [-0.1, -0.05) is 49.7 Å². The minimum absolute atomic E-state index is 0.318. The summed E-state index contributed by atoms with van der Waals surface area (Å²) in [6.45, 7) is 9.73. The maximum absolute atomic E-state index is 13.1. The Hall–Kier alpha value is -1.62. The lowest BCUT2D eigenvalue weighted by atomic mass is 10.2. The molecule has 0 atom stereocenters. The molecule has 0 saturated carbocycles. The van der Waals surface area contributed by atoms with Gasteiger partial charge in [-0.2, -0.15) is 0 Å². The van der Waals surface area contributed by atoms with Crippen LogP contribution < -0.4 is 10.1 Å². The van der Waals surface area contributed by atoms with Gasteiger partial charge in [-0.15, -0.1) is 0 Å². The molecule has 1 N–H and O–H groups in total. The van der Waals surface area contributed by atoms with Gasteiger partial charge in [0.1, 0.15) is 18.2 Å². The van der Waals surface area contributed by atoms with Crippen LogP contribution >= 0.6 is 11.6 Å². The zero-order valence-corrected chi connectivity index (χ0v) is 16.4. The van der Waals surface area contributed by atoms with E-state index in [9.17, 15) is 4.39 Å². The van der Waals surface area contributed by atoms with Crippen molar-refractivity contribution < 1.29 is 9.13 Å². The number of rotatable bonds is 11. The third kappa shape index (κ3) is 6.60. The predicted molar refractivity (Wildman–Crippen MR) is 106 cm³/mol. The van der Waals surface area contributed by atoms with Gasteiger partial charge in [0.25, 0.3) is 0 Å². The van der Waals surface area contributed by atoms with Crippen LogP contribution in [0, 0.1) is 5.82 Å². The number of ether oxygens (including phenoxy) is 1. The van der Waals surface area contributed by atoms with E-state index in [1.807, 2.05) is 18.2 Å². The first-order valence-corrected chi connectivity index (χ1v) is 9.59. The van der Waals surface area contributed by atoms with Gasteiger partial charge in [-0.05, 0) is 50.8 Å². The molecule has 2 rings (SSSR count). The number of hydrogen-bond acceptors (Lipinski definition) is 3. The standard InChI is InChI=1S/C21H28ClFN2O/c1-3-25(4-2)13-7-12-24-15-17-8-5-6-9-21(17)26-16-18-10-11-19(23)14-20(18)22/h5-6,8-11,14,24H,3-4,7,12-13,15-16H2,1-2H3. The molecule has 0 radical (unpaired) electrons. The molecule has 0 aliphatic carbocycles. The quantitative estimate of drug-likeness (QED) is 0.564. The van der Waals surface area contributed by atoms with Crippen molar-refractivity contribution in [2.24, 2.45) is 0 Å². The van der Waals surface area contributed by atoms with Gasteiger partial charge in [-0.25, -0.2) is 4.39 Å². The van der Waals surface area contributed by atoms with Crippen molar-refractivity contribution in [3.63, 3.8) is 0 Å². The van der Waals surface area contributed by atoms with Crippen LogP contribution in [0.5, 0.6) is 5.75 Å². The van der Waals surface area contributed by atoms with Gasteiger partial charge in [0.2, 0.25) is 0 Å². The van der Waals surface area contributed by atoms with E-state index in [1.54, 1.807) is 6.07 Å². The normalized spacial score (nSPS) is 11.1. The maximum Gasteiger partial charge on any atom is 0.124 e. The van der Waals surface area contributed by atoms with E-state index in [0.29, 0.717) is 11.6 Å². The highest BCUT2D eigenvalue weighted by Gasteiger charge is 2.06. The van der Waals surface area contributed by atoms with Crippen molar-refractivity contribution in [1.82, 2.24) is 10.2 Å². The van der Waals surface area contributed by atoms with Crippen LogP contribution in [0.2, 0.25) is 5.02 Å². The third-order valence-electron chi connectivity index (χ3n) is 4.41. The molecule has 5 heteroatoms. The Morgan fingerprint density at radius 2 is 1.85 bits per heavy atom. The number of halogens is 2. The average molecular weight is 379 g/mol. The molecule has 26 heavy (non-hydrogen) atoms. The van der Waals surface area contributed by atoms with E-state index >= 15 is 0 Å². The molecule has 0 amide bonds. The molecular formula is C21H28ClFN2O. The van der Waals surface area contributed by atoms with Crippen molar-refractivity contribution in [2.45, 2.75) is 33.4 Å². The molecule has 0 saturated heterocycles. The molecule has 0 bridgehead atoms. The number of hydrogen-bond donors (Lipinski definition) is 1. The van der Waals surface area contributed by atoms with Crippen molar-refractivity contribution >= 4 is 11.6 Å². The molecule has 0 heterocycles. The van der Waals surface area contributed by atoms with Gasteiger partial charge in [-0.3, -0.25) is 0 Å². The molecule has 0 fully saturated rings. The van der Waals surface area contributed by atoms with Gasteiger partial charge in [0.15, 0.2) is 0 Å². The Morgan fingerprint density at radius 1 is 1.08 bits per heavy atom. The van der Waals surface area contributed by atoms with E-state index in [4.69, 9.17) is 16.3 Å². The Balaban J connectivity index is 1.83. The first-order chi connectivity index (χ1) is 12.6. The van der Waals surface area contributed by atoms with Crippen molar-refractivity contribution in [2.75, 3.05) is 26.2 Å². The van der Waals surface area contributed by atoms with E-state index in [2.05, 4.69) is 30.1 Å². The molecule has 2 aromatic rings. The summed E-state index contributed by atoms with van der Waals surface area (Å²) in [5.41, 5.74) is 1.88. The summed E-state index contributed by atoms with van der Waals surface area (Å²) in [7, 11) is 0. The lowest BCUT2D eigenvalue weighted by molar-refractivity contribution is 0.295. The highest BCUT2D eigenvalue weighted by Crippen LogP contribution is 2.22. The minimum atomic E-state index is -0.340. The lowest BCUT2D eigenvalue weighted by Crippen LogP contribution is -2.27. The van der Waals surface area contributed by atoms with Crippen molar-refractivity contribution in [3.05, 3.63) is 64.4 Å². The Labute approximate surface area is 161 Å². The van der Waals surface area contributed by atoms with Crippen molar-refractivity contribution in [1.29, 1.82) is 0 Å². The van der Waals surface area contributed by atoms with Crippen LogP contribution in [0.3, 0.4) is 0 Å². The second-order valence-electron chi connectivity index (χ2n) is 6.19. The zero-order valence-electron chi connectivity index (χ0n) is 15.6. The molecule has 142 valence electrons. The summed E-state index contributed by atoms with van der Waals surface area (Å²) in [6, 6.07) is 12.3. The van der Waals surface area contributed by atoms with Crippen molar-refractivity contribution in [3.8, 4) is 5.75 Å².